The molecule has 4 heteroatoms. The third kappa shape index (κ3) is 2.31. The highest BCUT2D eigenvalue weighted by Gasteiger charge is 2.45. The molecule has 0 aromatic carbocycles. The zero-order valence-electron chi connectivity index (χ0n) is 11.0. The van der Waals surface area contributed by atoms with Crippen LogP contribution in [0.25, 0.3) is 0 Å². The summed E-state index contributed by atoms with van der Waals surface area (Å²) in [6, 6.07) is 2.68. The van der Waals surface area contributed by atoms with Gasteiger partial charge >= 0.3 is 0 Å². The Kier molecular flexibility index (Phi) is 2.94. The minimum absolute atomic E-state index is 0.245. The first-order chi connectivity index (χ1) is 8.56. The molecule has 0 radical (unpaired) electrons. The summed E-state index contributed by atoms with van der Waals surface area (Å²) in [4.78, 5) is 15.6. The van der Waals surface area contributed by atoms with Gasteiger partial charge in [-0.25, -0.2) is 0 Å². The number of amides is 1. The van der Waals surface area contributed by atoms with Crippen molar-refractivity contribution in [3.8, 4) is 0 Å². The van der Waals surface area contributed by atoms with Crippen LogP contribution in [0, 0.1) is 5.41 Å². The van der Waals surface area contributed by atoms with E-state index in [1.54, 1.807) is 0 Å². The number of carbonyl (C=O) groups is 1. The predicted octanol–water partition coefficient (Wildman–Crippen LogP) is 2.02. The van der Waals surface area contributed by atoms with E-state index in [9.17, 15) is 4.79 Å². The van der Waals surface area contributed by atoms with Crippen molar-refractivity contribution in [3.05, 3.63) is 21.9 Å². The van der Waals surface area contributed by atoms with Crippen LogP contribution in [0.2, 0.25) is 0 Å². The van der Waals surface area contributed by atoms with Crippen molar-refractivity contribution < 1.29 is 4.79 Å². The molecule has 3 nitrogen and oxygen atoms in total. The highest BCUT2D eigenvalue weighted by molar-refractivity contribution is 7.10. The van der Waals surface area contributed by atoms with Crippen LogP contribution < -0.4 is 5.32 Å². The van der Waals surface area contributed by atoms with Crippen LogP contribution in [0.15, 0.2) is 11.4 Å². The van der Waals surface area contributed by atoms with Gasteiger partial charge in [0.1, 0.15) is 0 Å². The molecule has 0 bridgehead atoms. The molecule has 1 aliphatic carbocycles. The summed E-state index contributed by atoms with van der Waals surface area (Å²) in [7, 11) is 0. The molecule has 2 aliphatic rings. The second-order valence-corrected chi connectivity index (χ2v) is 7.06. The summed E-state index contributed by atoms with van der Waals surface area (Å²) < 4.78 is 0. The Labute approximate surface area is 112 Å². The molecule has 0 saturated heterocycles. The molecule has 18 heavy (non-hydrogen) atoms. The summed E-state index contributed by atoms with van der Waals surface area (Å²) in [5.41, 5.74) is 1.73. The Bertz CT molecular complexity index is 466. The van der Waals surface area contributed by atoms with Gasteiger partial charge in [-0.2, -0.15) is 0 Å². The van der Waals surface area contributed by atoms with Gasteiger partial charge in [0.15, 0.2) is 0 Å². The van der Waals surface area contributed by atoms with Crippen LogP contribution in [-0.2, 0) is 17.8 Å². The number of carbonyl (C=O) groups excluding carboxylic acids is 1. The summed E-state index contributed by atoms with van der Waals surface area (Å²) in [5, 5.41) is 5.50. The molecule has 1 N–H and O–H groups in total. The van der Waals surface area contributed by atoms with Crippen LogP contribution in [-0.4, -0.2) is 29.9 Å². The van der Waals surface area contributed by atoms with Crippen molar-refractivity contribution >= 4 is 17.2 Å². The topological polar surface area (TPSA) is 32.3 Å². The maximum absolute atomic E-state index is 12.1. The average molecular weight is 264 g/mol. The van der Waals surface area contributed by atoms with Crippen molar-refractivity contribution in [3.63, 3.8) is 0 Å². The Morgan fingerprint density at radius 2 is 2.39 bits per heavy atom. The Morgan fingerprint density at radius 1 is 1.61 bits per heavy atom. The molecular formula is C14H20N2OS. The van der Waals surface area contributed by atoms with Gasteiger partial charge < -0.3 is 10.2 Å². The molecule has 2 heterocycles. The van der Waals surface area contributed by atoms with Gasteiger partial charge in [-0.05, 0) is 35.3 Å². The van der Waals surface area contributed by atoms with Crippen LogP contribution >= 0.6 is 11.3 Å². The fraction of sp³-hybridized carbons (Fsp3) is 0.643. The van der Waals surface area contributed by atoms with Crippen molar-refractivity contribution in [2.75, 3.05) is 13.1 Å². The number of hydrogen-bond acceptors (Lipinski definition) is 3. The van der Waals surface area contributed by atoms with Gasteiger partial charge in [-0.1, -0.05) is 13.8 Å². The van der Waals surface area contributed by atoms with Crippen LogP contribution in [0.5, 0.6) is 0 Å². The molecule has 3 rings (SSSR count). The van der Waals surface area contributed by atoms with E-state index >= 15 is 0 Å². The minimum atomic E-state index is 0.245. The first kappa shape index (κ1) is 12.2. The lowest BCUT2D eigenvalue weighted by molar-refractivity contribution is -0.131. The van der Waals surface area contributed by atoms with Crippen molar-refractivity contribution in [1.29, 1.82) is 0 Å². The number of nitrogens with zero attached hydrogens (tertiary/aromatic N) is 1. The number of nitrogens with one attached hydrogen (secondary N) is 1. The molecule has 0 spiro atoms. The number of fused-ring (bicyclic) bond motifs is 1. The number of hydrogen-bond donors (Lipinski definition) is 1. The molecular weight excluding hydrogens is 244 g/mol. The van der Waals surface area contributed by atoms with E-state index in [-0.39, 0.29) is 5.91 Å². The van der Waals surface area contributed by atoms with Crippen LogP contribution in [0.3, 0.4) is 0 Å². The molecule has 1 aromatic heterocycles. The first-order valence-electron chi connectivity index (χ1n) is 6.63. The van der Waals surface area contributed by atoms with Gasteiger partial charge in [0.25, 0.3) is 0 Å². The smallest absolute Gasteiger partial charge is 0.236 e. The molecule has 1 atom stereocenters. The van der Waals surface area contributed by atoms with Gasteiger partial charge in [0.05, 0.1) is 6.54 Å². The monoisotopic (exact) mass is 264 g/mol. The van der Waals surface area contributed by atoms with E-state index in [1.807, 2.05) is 16.2 Å². The largest absolute Gasteiger partial charge is 0.337 e. The molecule has 1 aromatic rings. The van der Waals surface area contributed by atoms with Crippen molar-refractivity contribution in [2.45, 2.75) is 39.3 Å². The fourth-order valence-corrected chi connectivity index (χ4v) is 3.49. The summed E-state index contributed by atoms with van der Waals surface area (Å²) in [6.45, 7) is 6.66. The summed E-state index contributed by atoms with van der Waals surface area (Å²) >= 11 is 1.81. The van der Waals surface area contributed by atoms with E-state index in [4.69, 9.17) is 0 Å². The maximum atomic E-state index is 12.1. The highest BCUT2D eigenvalue weighted by atomic mass is 32.1. The van der Waals surface area contributed by atoms with E-state index in [2.05, 4.69) is 30.6 Å². The quantitative estimate of drug-likeness (QED) is 0.906. The molecule has 1 aliphatic heterocycles. The second-order valence-electron chi connectivity index (χ2n) is 6.06. The van der Waals surface area contributed by atoms with E-state index < -0.39 is 0 Å². The molecule has 1 unspecified atom stereocenters. The van der Waals surface area contributed by atoms with E-state index in [0.29, 0.717) is 18.0 Å². The first-order valence-corrected chi connectivity index (χ1v) is 7.51. The van der Waals surface area contributed by atoms with Crippen LogP contribution in [0.1, 0.15) is 30.7 Å². The molecule has 1 saturated carbocycles. The Morgan fingerprint density at radius 3 is 3.11 bits per heavy atom. The maximum Gasteiger partial charge on any atom is 0.236 e. The zero-order chi connectivity index (χ0) is 12.8. The lowest BCUT2D eigenvalue weighted by atomic mass is 10.1. The Hall–Kier alpha value is -0.870. The fourth-order valence-electron chi connectivity index (χ4n) is 2.60. The third-order valence-corrected chi connectivity index (χ3v) is 5.20. The number of rotatable bonds is 3. The molecule has 1 amide bonds. The zero-order valence-corrected chi connectivity index (χ0v) is 11.8. The minimum Gasteiger partial charge on any atom is -0.337 e. The third-order valence-electron chi connectivity index (χ3n) is 4.17. The second kappa shape index (κ2) is 4.35. The molecule has 1 fully saturated rings. The summed E-state index contributed by atoms with van der Waals surface area (Å²) in [6.07, 6.45) is 2.21. The van der Waals surface area contributed by atoms with Gasteiger partial charge in [-0.3, -0.25) is 4.79 Å². The van der Waals surface area contributed by atoms with Crippen LogP contribution in [0.4, 0.5) is 0 Å². The summed E-state index contributed by atoms with van der Waals surface area (Å²) in [5.74, 6) is 0.245. The SMILES string of the molecule is CC1(C)CC1NCC(=O)N1CCc2sccc2C1. The van der Waals surface area contributed by atoms with E-state index in [0.717, 1.165) is 19.5 Å². The molecule has 98 valence electrons. The predicted molar refractivity (Wildman–Crippen MR) is 73.6 cm³/mol. The van der Waals surface area contributed by atoms with Crippen molar-refractivity contribution in [1.82, 2.24) is 10.2 Å². The van der Waals surface area contributed by atoms with Gasteiger partial charge in [0, 0.05) is 24.0 Å². The van der Waals surface area contributed by atoms with E-state index in [1.165, 1.54) is 16.9 Å². The highest BCUT2D eigenvalue weighted by Crippen LogP contribution is 2.44. The normalized spacial score (nSPS) is 24.8. The Balaban J connectivity index is 1.52. The number of thiophene rings is 1. The van der Waals surface area contributed by atoms with Crippen molar-refractivity contribution in [2.24, 2.45) is 5.41 Å². The standard InChI is InChI=1S/C14H20N2OS/c1-14(2)7-12(14)15-8-13(17)16-5-3-11-10(9-16)4-6-18-11/h4,6,12,15H,3,5,7-9H2,1-2H3. The lowest BCUT2D eigenvalue weighted by Gasteiger charge is -2.27. The average Bonchev–Trinajstić information content (AvgIpc) is 2.77. The lowest BCUT2D eigenvalue weighted by Crippen LogP contribution is -2.41. The van der Waals surface area contributed by atoms with Gasteiger partial charge in [0.2, 0.25) is 5.91 Å². The van der Waals surface area contributed by atoms with Gasteiger partial charge in [-0.15, -0.1) is 11.3 Å².